The molecule has 1 aromatic carbocycles. The summed E-state index contributed by atoms with van der Waals surface area (Å²) in [6.07, 6.45) is 0.760. The van der Waals surface area contributed by atoms with Gasteiger partial charge in [-0.15, -0.1) is 0 Å². The molecule has 0 heterocycles. The van der Waals surface area contributed by atoms with Gasteiger partial charge < -0.3 is 5.32 Å². The molecule has 1 N–H and O–H groups in total. The molecular formula is C11H11N3. The highest BCUT2D eigenvalue weighted by Crippen LogP contribution is 2.10. The Balaban J connectivity index is 2.70. The van der Waals surface area contributed by atoms with Crippen LogP contribution in [0.3, 0.4) is 0 Å². The molecule has 0 amide bonds. The van der Waals surface area contributed by atoms with Gasteiger partial charge in [0, 0.05) is 5.69 Å². The van der Waals surface area contributed by atoms with Gasteiger partial charge in [-0.25, -0.2) is 0 Å². The molecule has 1 unspecified atom stereocenters. The summed E-state index contributed by atoms with van der Waals surface area (Å²) in [6, 6.07) is 11.1. The van der Waals surface area contributed by atoms with Crippen LogP contribution in [-0.2, 0) is 0 Å². The van der Waals surface area contributed by atoms with Crippen molar-refractivity contribution in [2.24, 2.45) is 0 Å². The maximum absolute atomic E-state index is 8.72. The zero-order valence-electron chi connectivity index (χ0n) is 7.99. The maximum atomic E-state index is 8.72. The lowest BCUT2D eigenvalue weighted by molar-refractivity contribution is 0.845. The van der Waals surface area contributed by atoms with E-state index in [9.17, 15) is 0 Å². The predicted octanol–water partition coefficient (Wildman–Crippen LogP) is 2.27. The van der Waals surface area contributed by atoms with E-state index in [0.29, 0.717) is 5.56 Å². The van der Waals surface area contributed by atoms with E-state index in [2.05, 4.69) is 11.4 Å². The zero-order valence-corrected chi connectivity index (χ0v) is 7.99. The Bertz CT molecular complexity index is 367. The molecule has 70 valence electrons. The summed E-state index contributed by atoms with van der Waals surface area (Å²) in [6.45, 7) is 1.95. The Kier molecular flexibility index (Phi) is 3.52. The van der Waals surface area contributed by atoms with Crippen molar-refractivity contribution in [1.82, 2.24) is 0 Å². The second-order valence-corrected chi connectivity index (χ2v) is 2.92. The molecule has 0 aliphatic rings. The minimum absolute atomic E-state index is 0.164. The van der Waals surface area contributed by atoms with E-state index in [1.165, 1.54) is 0 Å². The number of hydrogen-bond donors (Lipinski definition) is 1. The van der Waals surface area contributed by atoms with E-state index in [4.69, 9.17) is 10.5 Å². The van der Waals surface area contributed by atoms with Crippen molar-refractivity contribution in [3.63, 3.8) is 0 Å². The van der Waals surface area contributed by atoms with Gasteiger partial charge in [0.1, 0.15) is 6.04 Å². The molecule has 0 aromatic heterocycles. The first-order valence-electron chi connectivity index (χ1n) is 4.46. The number of benzene rings is 1. The predicted molar refractivity (Wildman–Crippen MR) is 54.5 cm³/mol. The second-order valence-electron chi connectivity index (χ2n) is 2.92. The minimum atomic E-state index is -0.164. The van der Waals surface area contributed by atoms with E-state index < -0.39 is 0 Å². The van der Waals surface area contributed by atoms with Gasteiger partial charge in [0.05, 0.1) is 17.7 Å². The van der Waals surface area contributed by atoms with Crippen LogP contribution in [0.25, 0.3) is 0 Å². The summed E-state index contributed by atoms with van der Waals surface area (Å²) >= 11 is 0. The van der Waals surface area contributed by atoms with E-state index in [1.807, 2.05) is 13.0 Å². The van der Waals surface area contributed by atoms with Crippen LogP contribution in [0.15, 0.2) is 24.3 Å². The fraction of sp³-hybridized carbons (Fsp3) is 0.273. The van der Waals surface area contributed by atoms with Crippen molar-refractivity contribution in [2.75, 3.05) is 5.32 Å². The summed E-state index contributed by atoms with van der Waals surface area (Å²) in [5, 5.41) is 20.4. The van der Waals surface area contributed by atoms with Crippen molar-refractivity contribution >= 4 is 5.69 Å². The molecule has 0 bridgehead atoms. The van der Waals surface area contributed by atoms with Gasteiger partial charge in [-0.05, 0) is 30.7 Å². The van der Waals surface area contributed by atoms with Crippen LogP contribution in [0.2, 0.25) is 0 Å². The van der Waals surface area contributed by atoms with Crippen LogP contribution in [0.1, 0.15) is 18.9 Å². The SMILES string of the molecule is CCC(C#N)Nc1ccc(C#N)cc1. The van der Waals surface area contributed by atoms with Crippen molar-refractivity contribution in [1.29, 1.82) is 10.5 Å². The molecule has 0 saturated carbocycles. The Morgan fingerprint density at radius 2 is 1.93 bits per heavy atom. The molecule has 3 heteroatoms. The van der Waals surface area contributed by atoms with Crippen LogP contribution in [0.5, 0.6) is 0 Å². The van der Waals surface area contributed by atoms with Gasteiger partial charge in [0.2, 0.25) is 0 Å². The van der Waals surface area contributed by atoms with Crippen LogP contribution < -0.4 is 5.32 Å². The van der Waals surface area contributed by atoms with E-state index in [-0.39, 0.29) is 6.04 Å². The molecular weight excluding hydrogens is 174 g/mol. The summed E-state index contributed by atoms with van der Waals surface area (Å²) in [4.78, 5) is 0. The van der Waals surface area contributed by atoms with Crippen molar-refractivity contribution in [3.05, 3.63) is 29.8 Å². The average Bonchev–Trinajstić information content (AvgIpc) is 2.26. The Morgan fingerprint density at radius 3 is 2.36 bits per heavy atom. The monoisotopic (exact) mass is 185 g/mol. The smallest absolute Gasteiger partial charge is 0.114 e. The van der Waals surface area contributed by atoms with Gasteiger partial charge in [0.25, 0.3) is 0 Å². The van der Waals surface area contributed by atoms with E-state index >= 15 is 0 Å². The molecule has 0 saturated heterocycles. The topological polar surface area (TPSA) is 59.6 Å². The third kappa shape index (κ3) is 2.50. The average molecular weight is 185 g/mol. The lowest BCUT2D eigenvalue weighted by Gasteiger charge is -2.09. The maximum Gasteiger partial charge on any atom is 0.114 e. The fourth-order valence-corrected chi connectivity index (χ4v) is 1.07. The Labute approximate surface area is 83.6 Å². The first kappa shape index (κ1) is 10.1. The first-order valence-corrected chi connectivity index (χ1v) is 4.46. The summed E-state index contributed by atoms with van der Waals surface area (Å²) in [7, 11) is 0. The van der Waals surface area contributed by atoms with Gasteiger partial charge in [-0.1, -0.05) is 6.92 Å². The molecule has 0 fully saturated rings. The highest BCUT2D eigenvalue weighted by molar-refractivity contribution is 5.48. The van der Waals surface area contributed by atoms with Crippen LogP contribution >= 0.6 is 0 Å². The number of nitrogens with zero attached hydrogens (tertiary/aromatic N) is 2. The number of nitrogens with one attached hydrogen (secondary N) is 1. The van der Waals surface area contributed by atoms with Crippen molar-refractivity contribution in [3.8, 4) is 12.1 Å². The van der Waals surface area contributed by atoms with Gasteiger partial charge in [-0.3, -0.25) is 0 Å². The molecule has 0 radical (unpaired) electrons. The highest BCUT2D eigenvalue weighted by Gasteiger charge is 2.02. The van der Waals surface area contributed by atoms with Crippen molar-refractivity contribution in [2.45, 2.75) is 19.4 Å². The van der Waals surface area contributed by atoms with Crippen molar-refractivity contribution < 1.29 is 0 Å². The first-order chi connectivity index (χ1) is 6.80. The highest BCUT2D eigenvalue weighted by atomic mass is 14.9. The summed E-state index contributed by atoms with van der Waals surface area (Å²) in [5.74, 6) is 0. The van der Waals surface area contributed by atoms with Crippen LogP contribution in [0, 0.1) is 22.7 Å². The quantitative estimate of drug-likeness (QED) is 0.785. The molecule has 0 aliphatic heterocycles. The van der Waals surface area contributed by atoms with E-state index in [0.717, 1.165) is 12.1 Å². The Hall–Kier alpha value is -2.00. The lowest BCUT2D eigenvalue weighted by Crippen LogP contribution is -2.15. The molecule has 1 rings (SSSR count). The standard InChI is InChI=1S/C11H11N3/c1-2-10(8-13)14-11-5-3-9(7-12)4-6-11/h3-6,10,14H,2H2,1H3. The largest absolute Gasteiger partial charge is 0.370 e. The molecule has 1 atom stereocenters. The van der Waals surface area contributed by atoms with Gasteiger partial charge >= 0.3 is 0 Å². The third-order valence-corrected chi connectivity index (χ3v) is 1.92. The zero-order chi connectivity index (χ0) is 10.4. The Morgan fingerprint density at radius 1 is 1.29 bits per heavy atom. The number of anilines is 1. The number of nitriles is 2. The summed E-state index contributed by atoms with van der Waals surface area (Å²) in [5.41, 5.74) is 1.50. The molecule has 0 aliphatic carbocycles. The van der Waals surface area contributed by atoms with Gasteiger partial charge in [-0.2, -0.15) is 10.5 Å². The van der Waals surface area contributed by atoms with E-state index in [1.54, 1.807) is 24.3 Å². The normalized spacial score (nSPS) is 11.1. The van der Waals surface area contributed by atoms with Gasteiger partial charge in [0.15, 0.2) is 0 Å². The number of hydrogen-bond acceptors (Lipinski definition) is 3. The number of rotatable bonds is 3. The minimum Gasteiger partial charge on any atom is -0.370 e. The summed E-state index contributed by atoms with van der Waals surface area (Å²) < 4.78 is 0. The second kappa shape index (κ2) is 4.89. The fourth-order valence-electron chi connectivity index (χ4n) is 1.07. The third-order valence-electron chi connectivity index (χ3n) is 1.92. The molecule has 14 heavy (non-hydrogen) atoms. The lowest BCUT2D eigenvalue weighted by atomic mass is 10.2. The van der Waals surface area contributed by atoms with Crippen LogP contribution in [-0.4, -0.2) is 6.04 Å². The molecule has 0 spiro atoms. The van der Waals surface area contributed by atoms with Crippen LogP contribution in [0.4, 0.5) is 5.69 Å². The molecule has 1 aromatic rings. The molecule has 3 nitrogen and oxygen atoms in total.